The van der Waals surface area contributed by atoms with Gasteiger partial charge in [0, 0.05) is 30.4 Å². The third-order valence-corrected chi connectivity index (χ3v) is 5.12. The molecule has 0 radical (unpaired) electrons. The van der Waals surface area contributed by atoms with E-state index in [-0.39, 0.29) is 5.91 Å². The van der Waals surface area contributed by atoms with Gasteiger partial charge in [-0.1, -0.05) is 41.9 Å². The van der Waals surface area contributed by atoms with Crippen LogP contribution in [0.25, 0.3) is 21.8 Å². The Morgan fingerprint density at radius 1 is 1.24 bits per heavy atom. The van der Waals surface area contributed by atoms with Gasteiger partial charge in [0.05, 0.1) is 5.69 Å². The Labute approximate surface area is 153 Å². The van der Waals surface area contributed by atoms with Crippen LogP contribution in [-0.2, 0) is 4.79 Å². The lowest BCUT2D eigenvalue weighted by molar-refractivity contribution is -0.113. The molecule has 0 aliphatic heterocycles. The van der Waals surface area contributed by atoms with Crippen LogP contribution in [0.4, 0.5) is 5.69 Å². The minimum Gasteiger partial charge on any atom is -0.312 e. The minimum atomic E-state index is -0.128. The highest BCUT2D eigenvalue weighted by Gasteiger charge is 2.11. The van der Waals surface area contributed by atoms with Crippen LogP contribution in [-0.4, -0.2) is 22.3 Å². The van der Waals surface area contributed by atoms with E-state index in [1.165, 1.54) is 17.4 Å². The quantitative estimate of drug-likeness (QED) is 0.484. The molecule has 124 valence electrons. The molecule has 1 amide bonds. The first-order valence-corrected chi connectivity index (χ1v) is 8.95. The number of nitrogens with zero attached hydrogens (tertiary/aromatic N) is 3. The number of carbonyl (C=O) groups is 1. The van der Waals surface area contributed by atoms with Gasteiger partial charge in [0.2, 0.25) is 0 Å². The Bertz CT molecular complexity index is 1110. The molecule has 0 N–H and O–H groups in total. The summed E-state index contributed by atoms with van der Waals surface area (Å²) in [6, 6.07) is 14.0. The van der Waals surface area contributed by atoms with E-state index in [9.17, 15) is 4.79 Å². The van der Waals surface area contributed by atoms with E-state index in [4.69, 9.17) is 11.6 Å². The highest BCUT2D eigenvalue weighted by atomic mass is 35.5. The van der Waals surface area contributed by atoms with Crippen LogP contribution in [0.5, 0.6) is 0 Å². The van der Waals surface area contributed by atoms with Crippen LogP contribution in [0.1, 0.15) is 5.69 Å². The number of halogens is 1. The lowest BCUT2D eigenvalue weighted by Crippen LogP contribution is -2.23. The molecule has 4 aromatic rings. The summed E-state index contributed by atoms with van der Waals surface area (Å²) in [6.07, 6.45) is 5.10. The van der Waals surface area contributed by atoms with E-state index >= 15 is 0 Å². The molecule has 6 heteroatoms. The Balaban J connectivity index is 1.61. The maximum Gasteiger partial charge on any atom is 0.250 e. The van der Waals surface area contributed by atoms with Crippen molar-refractivity contribution < 1.29 is 4.79 Å². The molecule has 0 spiro atoms. The molecule has 2 aromatic carbocycles. The Morgan fingerprint density at radius 2 is 2.04 bits per heavy atom. The second-order valence-corrected chi connectivity index (χ2v) is 6.84. The summed E-state index contributed by atoms with van der Waals surface area (Å²) in [5.41, 5.74) is 1.55. The maximum absolute atomic E-state index is 12.5. The standard InChI is InChI=1S/C19H14ClN3OS/c1-22(15-7-6-13-4-2-3-5-14(13)12-15)17(24)9-8-16-18(20)21-19-23(16)10-11-25-19/h2-12H,1H3/b9-8-. The van der Waals surface area contributed by atoms with Gasteiger partial charge in [-0.15, -0.1) is 11.3 Å². The molecule has 4 nitrogen and oxygen atoms in total. The fraction of sp³-hybridized carbons (Fsp3) is 0.0526. The number of fused-ring (bicyclic) bond motifs is 2. The van der Waals surface area contributed by atoms with Crippen molar-refractivity contribution in [2.45, 2.75) is 0 Å². The topological polar surface area (TPSA) is 37.6 Å². The van der Waals surface area contributed by atoms with Crippen molar-refractivity contribution >= 4 is 56.3 Å². The summed E-state index contributed by atoms with van der Waals surface area (Å²) in [5.74, 6) is -0.128. The predicted molar refractivity (Wildman–Crippen MR) is 104 cm³/mol. The van der Waals surface area contributed by atoms with Crippen molar-refractivity contribution in [3.05, 3.63) is 71.0 Å². The molecule has 2 aromatic heterocycles. The number of thiazole rings is 1. The Hall–Kier alpha value is -2.63. The Kier molecular flexibility index (Phi) is 4.03. The normalized spacial score (nSPS) is 11.6. The number of rotatable bonds is 3. The summed E-state index contributed by atoms with van der Waals surface area (Å²) in [7, 11) is 1.76. The second-order valence-electron chi connectivity index (χ2n) is 5.61. The van der Waals surface area contributed by atoms with Crippen molar-refractivity contribution in [2.24, 2.45) is 0 Å². The van der Waals surface area contributed by atoms with Gasteiger partial charge in [-0.3, -0.25) is 9.20 Å². The first-order chi connectivity index (χ1) is 12.1. The summed E-state index contributed by atoms with van der Waals surface area (Å²) in [5, 5.41) is 4.57. The number of hydrogen-bond acceptors (Lipinski definition) is 3. The molecule has 0 aliphatic rings. The van der Waals surface area contributed by atoms with E-state index in [1.807, 2.05) is 52.4 Å². The van der Waals surface area contributed by atoms with Crippen LogP contribution in [0.2, 0.25) is 5.15 Å². The van der Waals surface area contributed by atoms with Gasteiger partial charge in [-0.25, -0.2) is 4.98 Å². The van der Waals surface area contributed by atoms with Gasteiger partial charge in [-0.05, 0) is 29.0 Å². The van der Waals surface area contributed by atoms with Crippen molar-refractivity contribution in [1.29, 1.82) is 0 Å². The highest BCUT2D eigenvalue weighted by molar-refractivity contribution is 7.15. The molecular formula is C19H14ClN3OS. The predicted octanol–water partition coefficient (Wildman–Crippen LogP) is 4.88. The lowest BCUT2D eigenvalue weighted by atomic mass is 10.1. The molecular weight excluding hydrogens is 354 g/mol. The van der Waals surface area contributed by atoms with E-state index in [1.54, 1.807) is 18.0 Å². The molecule has 0 fully saturated rings. The molecule has 0 saturated carbocycles. The van der Waals surface area contributed by atoms with Crippen molar-refractivity contribution in [3.63, 3.8) is 0 Å². The molecule has 0 bridgehead atoms. The van der Waals surface area contributed by atoms with E-state index in [0.29, 0.717) is 10.8 Å². The number of carbonyl (C=O) groups excluding carboxylic acids is 1. The summed E-state index contributed by atoms with van der Waals surface area (Å²) >= 11 is 7.65. The van der Waals surface area contributed by atoms with Gasteiger partial charge >= 0.3 is 0 Å². The molecule has 0 unspecified atom stereocenters. The maximum atomic E-state index is 12.5. The first kappa shape index (κ1) is 15.9. The van der Waals surface area contributed by atoms with Gasteiger partial charge in [-0.2, -0.15) is 0 Å². The van der Waals surface area contributed by atoms with Gasteiger partial charge in [0.15, 0.2) is 10.1 Å². The zero-order valence-electron chi connectivity index (χ0n) is 13.4. The number of amides is 1. The third kappa shape index (κ3) is 2.92. The zero-order valence-corrected chi connectivity index (χ0v) is 15.0. The van der Waals surface area contributed by atoms with Crippen LogP contribution in [0, 0.1) is 0 Å². The van der Waals surface area contributed by atoms with E-state index < -0.39 is 0 Å². The van der Waals surface area contributed by atoms with Crippen molar-refractivity contribution in [3.8, 4) is 0 Å². The number of likely N-dealkylation sites (N-methyl/N-ethyl adjacent to an activating group) is 1. The van der Waals surface area contributed by atoms with Gasteiger partial charge < -0.3 is 4.90 Å². The smallest absolute Gasteiger partial charge is 0.250 e. The SMILES string of the molecule is CN(C(=O)/C=C\c1c(Cl)nc2sccn12)c1ccc2ccccc2c1. The average molecular weight is 368 g/mol. The monoisotopic (exact) mass is 367 g/mol. The van der Waals surface area contributed by atoms with Crippen molar-refractivity contribution in [2.75, 3.05) is 11.9 Å². The molecule has 0 aliphatic carbocycles. The van der Waals surface area contributed by atoms with Crippen LogP contribution in [0.15, 0.2) is 60.1 Å². The Morgan fingerprint density at radius 3 is 2.88 bits per heavy atom. The number of imidazole rings is 1. The highest BCUT2D eigenvalue weighted by Crippen LogP contribution is 2.24. The first-order valence-electron chi connectivity index (χ1n) is 7.69. The number of benzene rings is 2. The zero-order chi connectivity index (χ0) is 17.4. The van der Waals surface area contributed by atoms with Crippen LogP contribution in [0.3, 0.4) is 0 Å². The van der Waals surface area contributed by atoms with Crippen LogP contribution >= 0.6 is 22.9 Å². The minimum absolute atomic E-state index is 0.128. The van der Waals surface area contributed by atoms with Gasteiger partial charge in [0.25, 0.3) is 5.91 Å². The fourth-order valence-corrected chi connectivity index (χ4v) is 3.71. The summed E-state index contributed by atoms with van der Waals surface area (Å²) in [4.78, 5) is 19.2. The molecule has 0 saturated heterocycles. The molecule has 0 atom stereocenters. The number of anilines is 1. The largest absolute Gasteiger partial charge is 0.312 e. The summed E-state index contributed by atoms with van der Waals surface area (Å²) in [6.45, 7) is 0. The summed E-state index contributed by atoms with van der Waals surface area (Å²) < 4.78 is 1.87. The average Bonchev–Trinajstić information content (AvgIpc) is 3.19. The van der Waals surface area contributed by atoms with Gasteiger partial charge in [0.1, 0.15) is 0 Å². The van der Waals surface area contributed by atoms with Crippen LogP contribution < -0.4 is 4.90 Å². The number of hydrogen-bond donors (Lipinski definition) is 0. The molecule has 25 heavy (non-hydrogen) atoms. The molecule has 4 rings (SSSR count). The molecule has 2 heterocycles. The lowest BCUT2D eigenvalue weighted by Gasteiger charge is -2.16. The second kappa shape index (κ2) is 6.35. The van der Waals surface area contributed by atoms with E-state index in [0.717, 1.165) is 21.4 Å². The van der Waals surface area contributed by atoms with Crippen molar-refractivity contribution in [1.82, 2.24) is 9.38 Å². The third-order valence-electron chi connectivity index (χ3n) is 4.09. The van der Waals surface area contributed by atoms with E-state index in [2.05, 4.69) is 11.1 Å². The fourth-order valence-electron chi connectivity index (χ4n) is 2.70. The number of aromatic nitrogens is 2.